The second kappa shape index (κ2) is 4.99. The molecule has 0 spiro atoms. The Bertz CT molecular complexity index is 546. The smallest absolute Gasteiger partial charge is 0.182 e. The van der Waals surface area contributed by atoms with Gasteiger partial charge in [-0.1, -0.05) is 22.9 Å². The third kappa shape index (κ3) is 2.29. The highest BCUT2D eigenvalue weighted by Crippen LogP contribution is 2.21. The first-order chi connectivity index (χ1) is 7.72. The monoisotopic (exact) mass is 256 g/mol. The van der Waals surface area contributed by atoms with Crippen LogP contribution in [0.2, 0.25) is 5.02 Å². The van der Waals surface area contributed by atoms with E-state index in [0.29, 0.717) is 29.6 Å². The van der Waals surface area contributed by atoms with Crippen LogP contribution in [0.4, 0.5) is 0 Å². The lowest BCUT2D eigenvalue weighted by atomic mass is 10.3. The van der Waals surface area contributed by atoms with Crippen LogP contribution in [0.15, 0.2) is 18.2 Å². The summed E-state index contributed by atoms with van der Waals surface area (Å²) in [6.45, 7) is 4.04. The lowest BCUT2D eigenvalue weighted by Gasteiger charge is -2.04. The van der Waals surface area contributed by atoms with Gasteiger partial charge in [-0.2, -0.15) is 0 Å². The Morgan fingerprint density at radius 1 is 1.50 bits per heavy atom. The second-order valence-corrected chi connectivity index (χ2v) is 4.83. The van der Waals surface area contributed by atoms with Gasteiger partial charge in [-0.05, 0) is 25.1 Å². The summed E-state index contributed by atoms with van der Waals surface area (Å²) >= 11 is 7.36. The van der Waals surface area contributed by atoms with Gasteiger partial charge in [0.2, 0.25) is 0 Å². The van der Waals surface area contributed by atoms with Crippen molar-refractivity contribution in [1.29, 1.82) is 5.41 Å². The molecule has 0 aliphatic heterocycles. The van der Waals surface area contributed by atoms with Gasteiger partial charge in [-0.25, -0.2) is 0 Å². The molecule has 5 heteroatoms. The third-order valence-corrected chi connectivity index (χ3v) is 3.52. The van der Waals surface area contributed by atoms with Crippen molar-refractivity contribution >= 4 is 33.2 Å². The Kier molecular flexibility index (Phi) is 3.63. The molecule has 0 aliphatic carbocycles. The minimum atomic E-state index is 0.539. The molecule has 2 rings (SSSR count). The van der Waals surface area contributed by atoms with Gasteiger partial charge in [0.05, 0.1) is 16.8 Å². The molecule has 16 heavy (non-hydrogen) atoms. The van der Waals surface area contributed by atoms with Crippen molar-refractivity contribution < 1.29 is 4.74 Å². The third-order valence-electron chi connectivity index (χ3n) is 2.33. The van der Waals surface area contributed by atoms with Crippen molar-refractivity contribution in [3.05, 3.63) is 28.0 Å². The van der Waals surface area contributed by atoms with E-state index >= 15 is 0 Å². The van der Waals surface area contributed by atoms with Crippen LogP contribution >= 0.6 is 22.9 Å². The number of ether oxygens (including phenoxy) is 1. The van der Waals surface area contributed by atoms with Crippen LogP contribution in [0.1, 0.15) is 6.92 Å². The first kappa shape index (κ1) is 11.6. The molecule has 0 radical (unpaired) electrons. The Morgan fingerprint density at radius 2 is 2.31 bits per heavy atom. The van der Waals surface area contributed by atoms with E-state index in [1.165, 1.54) is 11.3 Å². The fourth-order valence-electron chi connectivity index (χ4n) is 1.58. The molecule has 2 aromatic rings. The average Bonchev–Trinajstić information content (AvgIpc) is 2.55. The highest BCUT2D eigenvalue weighted by molar-refractivity contribution is 7.16. The molecule has 1 N–H and O–H groups in total. The maximum Gasteiger partial charge on any atom is 0.182 e. The maximum atomic E-state index is 7.89. The number of aromatic nitrogens is 1. The van der Waals surface area contributed by atoms with Crippen molar-refractivity contribution in [2.75, 3.05) is 13.2 Å². The van der Waals surface area contributed by atoms with Gasteiger partial charge in [0.15, 0.2) is 4.80 Å². The number of thiazole rings is 1. The van der Waals surface area contributed by atoms with Gasteiger partial charge in [-0.3, -0.25) is 5.41 Å². The van der Waals surface area contributed by atoms with Crippen molar-refractivity contribution in [2.45, 2.75) is 13.5 Å². The van der Waals surface area contributed by atoms with Crippen LogP contribution in [-0.2, 0) is 11.3 Å². The molecular weight excluding hydrogens is 244 g/mol. The molecule has 0 atom stereocenters. The summed E-state index contributed by atoms with van der Waals surface area (Å²) in [5.74, 6) is 0. The summed E-state index contributed by atoms with van der Waals surface area (Å²) in [7, 11) is 0. The van der Waals surface area contributed by atoms with Crippen LogP contribution in [0, 0.1) is 5.41 Å². The Morgan fingerprint density at radius 3 is 3.06 bits per heavy atom. The zero-order chi connectivity index (χ0) is 11.5. The number of nitrogens with zero attached hydrogens (tertiary/aromatic N) is 1. The molecular formula is C11H13ClN2OS. The first-order valence-electron chi connectivity index (χ1n) is 5.13. The molecule has 1 heterocycles. The average molecular weight is 257 g/mol. The molecule has 0 saturated heterocycles. The van der Waals surface area contributed by atoms with Crippen LogP contribution in [-0.4, -0.2) is 17.8 Å². The van der Waals surface area contributed by atoms with E-state index in [9.17, 15) is 0 Å². The number of hydrogen-bond acceptors (Lipinski definition) is 3. The molecule has 1 aromatic heterocycles. The van der Waals surface area contributed by atoms with Gasteiger partial charge < -0.3 is 9.30 Å². The maximum absolute atomic E-state index is 7.89. The second-order valence-electron chi connectivity index (χ2n) is 3.37. The largest absolute Gasteiger partial charge is 0.380 e. The SMILES string of the molecule is CCOCCn1c(=N)sc2cc(Cl)ccc21. The number of rotatable bonds is 4. The number of hydrogen-bond donors (Lipinski definition) is 1. The van der Waals surface area contributed by atoms with Crippen molar-refractivity contribution in [3.63, 3.8) is 0 Å². The highest BCUT2D eigenvalue weighted by atomic mass is 35.5. The van der Waals surface area contributed by atoms with Crippen LogP contribution in [0.3, 0.4) is 0 Å². The predicted molar refractivity (Wildman–Crippen MR) is 67.2 cm³/mol. The Labute approximate surface area is 103 Å². The zero-order valence-corrected chi connectivity index (χ0v) is 10.6. The fraction of sp³-hybridized carbons (Fsp3) is 0.364. The summed E-state index contributed by atoms with van der Waals surface area (Å²) in [5, 5.41) is 8.60. The van der Waals surface area contributed by atoms with Crippen molar-refractivity contribution in [2.24, 2.45) is 0 Å². The van der Waals surface area contributed by atoms with Gasteiger partial charge >= 0.3 is 0 Å². The van der Waals surface area contributed by atoms with Crippen LogP contribution in [0.25, 0.3) is 10.2 Å². The standard InChI is InChI=1S/C11H13ClN2OS/c1-2-15-6-5-14-9-4-3-8(12)7-10(9)16-11(14)13/h3-4,7,13H,2,5-6H2,1H3. The van der Waals surface area contributed by atoms with E-state index in [4.69, 9.17) is 21.7 Å². The normalized spacial score (nSPS) is 11.1. The number of halogens is 1. The number of fused-ring (bicyclic) bond motifs is 1. The van der Waals surface area contributed by atoms with E-state index in [-0.39, 0.29) is 0 Å². The first-order valence-corrected chi connectivity index (χ1v) is 6.33. The molecule has 86 valence electrons. The molecule has 0 amide bonds. The van der Waals surface area contributed by atoms with Gasteiger partial charge in [-0.15, -0.1) is 0 Å². The summed E-state index contributed by atoms with van der Waals surface area (Å²) < 4.78 is 8.31. The lowest BCUT2D eigenvalue weighted by molar-refractivity contribution is 0.139. The van der Waals surface area contributed by atoms with E-state index < -0.39 is 0 Å². The molecule has 0 aliphatic rings. The van der Waals surface area contributed by atoms with Crippen molar-refractivity contribution in [3.8, 4) is 0 Å². The van der Waals surface area contributed by atoms with E-state index in [1.807, 2.05) is 29.7 Å². The zero-order valence-electron chi connectivity index (χ0n) is 9.00. The minimum Gasteiger partial charge on any atom is -0.380 e. The van der Waals surface area contributed by atoms with E-state index in [2.05, 4.69) is 0 Å². The summed E-state index contributed by atoms with van der Waals surface area (Å²) in [6, 6.07) is 5.71. The molecule has 0 unspecified atom stereocenters. The van der Waals surface area contributed by atoms with Gasteiger partial charge in [0.1, 0.15) is 0 Å². The minimum absolute atomic E-state index is 0.539. The molecule has 0 bridgehead atoms. The topological polar surface area (TPSA) is 38.0 Å². The fourth-order valence-corrected chi connectivity index (χ4v) is 2.80. The summed E-state index contributed by atoms with van der Waals surface area (Å²) in [4.78, 5) is 0.539. The van der Waals surface area contributed by atoms with E-state index in [1.54, 1.807) is 0 Å². The number of benzene rings is 1. The Hall–Kier alpha value is -0.840. The molecule has 0 fully saturated rings. The van der Waals surface area contributed by atoms with Crippen LogP contribution < -0.4 is 4.80 Å². The van der Waals surface area contributed by atoms with Gasteiger partial charge in [0.25, 0.3) is 0 Å². The van der Waals surface area contributed by atoms with Crippen LogP contribution in [0.5, 0.6) is 0 Å². The highest BCUT2D eigenvalue weighted by Gasteiger charge is 2.05. The molecule has 1 aromatic carbocycles. The lowest BCUT2D eigenvalue weighted by Crippen LogP contribution is -2.16. The summed E-state index contributed by atoms with van der Waals surface area (Å²) in [6.07, 6.45) is 0. The molecule has 3 nitrogen and oxygen atoms in total. The van der Waals surface area contributed by atoms with Crippen molar-refractivity contribution in [1.82, 2.24) is 4.57 Å². The number of nitrogens with one attached hydrogen (secondary N) is 1. The van der Waals surface area contributed by atoms with Gasteiger partial charge in [0, 0.05) is 18.2 Å². The Balaban J connectivity index is 2.36. The van der Waals surface area contributed by atoms with E-state index in [0.717, 1.165) is 10.2 Å². The molecule has 0 saturated carbocycles. The summed E-state index contributed by atoms with van der Waals surface area (Å²) in [5.41, 5.74) is 1.05. The predicted octanol–water partition coefficient (Wildman–Crippen LogP) is 2.87. The quantitative estimate of drug-likeness (QED) is 0.840.